The van der Waals surface area contributed by atoms with E-state index in [1.54, 1.807) is 12.3 Å². The lowest BCUT2D eigenvalue weighted by molar-refractivity contribution is 0.120. The smallest absolute Gasteiger partial charge is 0.298 e. The fourth-order valence-corrected chi connectivity index (χ4v) is 4.70. The Kier molecular flexibility index (Phi) is 6.18. The van der Waals surface area contributed by atoms with Gasteiger partial charge in [-0.15, -0.1) is 0 Å². The molecule has 4 N–H and O–H groups in total. The van der Waals surface area contributed by atoms with Gasteiger partial charge in [0.2, 0.25) is 0 Å². The molecule has 0 bridgehead atoms. The monoisotopic (exact) mass is 491 g/mol. The third kappa shape index (κ3) is 4.60. The number of rotatable bonds is 6. The number of benzene rings is 1. The number of ether oxygens (including phenoxy) is 1. The minimum atomic E-state index is -1.05. The van der Waals surface area contributed by atoms with Crippen molar-refractivity contribution < 1.29 is 19.4 Å². The van der Waals surface area contributed by atoms with Crippen LogP contribution in [0.2, 0.25) is 0 Å². The zero-order chi connectivity index (χ0) is 24.5. The standard InChI is InChI=1S/C25H29N7O4/c33-16-5-8-31(9-6-16)22-14-21-23(36-25(29-21)32-10-12-35-13-11-32)15-20(22)28-24(34)19-3-1-2-17(27-19)18-4-7-26-30-18/h1-4,7,14-16,24,28,33-34H,5-6,8-13H2,(H,26,30). The fraction of sp³-hybridized carbons (Fsp3) is 0.400. The molecule has 6 rings (SSSR count). The predicted octanol–water partition coefficient (Wildman–Crippen LogP) is 2.51. The number of morpholine rings is 1. The maximum absolute atomic E-state index is 11.1. The summed E-state index contributed by atoms with van der Waals surface area (Å²) in [6, 6.07) is 11.8. The summed E-state index contributed by atoms with van der Waals surface area (Å²) in [5, 5.41) is 31.2. The molecule has 0 spiro atoms. The van der Waals surface area contributed by atoms with E-state index in [9.17, 15) is 10.2 Å². The van der Waals surface area contributed by atoms with Crippen LogP contribution in [-0.4, -0.2) is 75.9 Å². The van der Waals surface area contributed by atoms with Gasteiger partial charge in [-0.1, -0.05) is 6.07 Å². The van der Waals surface area contributed by atoms with Crippen molar-refractivity contribution in [2.24, 2.45) is 0 Å². The van der Waals surface area contributed by atoms with E-state index in [1.165, 1.54) is 0 Å². The second-order valence-corrected chi connectivity index (χ2v) is 9.12. The van der Waals surface area contributed by atoms with Crippen molar-refractivity contribution >= 4 is 28.5 Å². The summed E-state index contributed by atoms with van der Waals surface area (Å²) in [5.41, 5.74) is 4.94. The number of piperidine rings is 1. The molecule has 2 aliphatic rings. The summed E-state index contributed by atoms with van der Waals surface area (Å²) in [6.07, 6.45) is 1.69. The molecule has 1 atom stereocenters. The van der Waals surface area contributed by atoms with Gasteiger partial charge in [-0.2, -0.15) is 10.1 Å². The van der Waals surface area contributed by atoms with Crippen LogP contribution >= 0.6 is 0 Å². The van der Waals surface area contributed by atoms with Gasteiger partial charge in [0.05, 0.1) is 47.8 Å². The average molecular weight is 492 g/mol. The molecule has 0 amide bonds. The van der Waals surface area contributed by atoms with Gasteiger partial charge in [-0.25, -0.2) is 4.98 Å². The largest absolute Gasteiger partial charge is 0.423 e. The van der Waals surface area contributed by atoms with Crippen molar-refractivity contribution in [2.45, 2.75) is 25.2 Å². The van der Waals surface area contributed by atoms with Crippen LogP contribution in [0.4, 0.5) is 17.4 Å². The molecule has 1 unspecified atom stereocenters. The Balaban J connectivity index is 1.33. The number of H-pyrrole nitrogens is 1. The first-order chi connectivity index (χ1) is 17.6. The molecule has 3 aromatic heterocycles. The summed E-state index contributed by atoms with van der Waals surface area (Å²) in [7, 11) is 0. The number of aliphatic hydroxyl groups is 2. The Morgan fingerprint density at radius 2 is 1.86 bits per heavy atom. The van der Waals surface area contributed by atoms with E-state index in [4.69, 9.17) is 14.1 Å². The maximum atomic E-state index is 11.1. The predicted molar refractivity (Wildman–Crippen MR) is 135 cm³/mol. The number of oxazole rings is 1. The second kappa shape index (κ2) is 9.76. The molecular formula is C25H29N7O4. The maximum Gasteiger partial charge on any atom is 0.298 e. The highest BCUT2D eigenvalue weighted by atomic mass is 16.5. The van der Waals surface area contributed by atoms with Gasteiger partial charge in [0, 0.05) is 38.4 Å². The normalized spacial score (nSPS) is 18.1. The first kappa shape index (κ1) is 22.8. The molecule has 0 aliphatic carbocycles. The highest BCUT2D eigenvalue weighted by Crippen LogP contribution is 2.36. The lowest BCUT2D eigenvalue weighted by Crippen LogP contribution is -2.36. The van der Waals surface area contributed by atoms with Crippen LogP contribution in [0.5, 0.6) is 0 Å². The quantitative estimate of drug-likeness (QED) is 0.298. The summed E-state index contributed by atoms with van der Waals surface area (Å²) in [4.78, 5) is 13.6. The van der Waals surface area contributed by atoms with Crippen LogP contribution in [-0.2, 0) is 4.74 Å². The van der Waals surface area contributed by atoms with Gasteiger partial charge in [-0.05, 0) is 37.1 Å². The molecule has 0 radical (unpaired) electrons. The molecule has 0 saturated carbocycles. The fourth-order valence-electron chi connectivity index (χ4n) is 4.70. The van der Waals surface area contributed by atoms with Gasteiger partial charge >= 0.3 is 0 Å². The van der Waals surface area contributed by atoms with E-state index in [2.05, 4.69) is 30.3 Å². The highest BCUT2D eigenvalue weighted by molar-refractivity contribution is 5.88. The molecule has 2 aliphatic heterocycles. The number of hydrogen-bond acceptors (Lipinski definition) is 10. The molecule has 1 aromatic carbocycles. The van der Waals surface area contributed by atoms with Crippen molar-refractivity contribution in [1.29, 1.82) is 0 Å². The Morgan fingerprint density at radius 1 is 1.03 bits per heavy atom. The van der Waals surface area contributed by atoms with Crippen molar-refractivity contribution in [3.63, 3.8) is 0 Å². The highest BCUT2D eigenvalue weighted by Gasteiger charge is 2.24. The number of anilines is 3. The number of nitrogens with zero attached hydrogens (tertiary/aromatic N) is 5. The average Bonchev–Trinajstić information content (AvgIpc) is 3.60. The molecule has 2 fully saturated rings. The third-order valence-corrected chi connectivity index (χ3v) is 6.70. The summed E-state index contributed by atoms with van der Waals surface area (Å²) in [5.74, 6) is 0. The van der Waals surface area contributed by atoms with Gasteiger partial charge in [0.1, 0.15) is 5.52 Å². The van der Waals surface area contributed by atoms with Crippen LogP contribution in [0.25, 0.3) is 22.5 Å². The van der Waals surface area contributed by atoms with Gasteiger partial charge in [0.25, 0.3) is 6.01 Å². The van der Waals surface area contributed by atoms with Crippen molar-refractivity contribution in [3.05, 3.63) is 48.3 Å². The first-order valence-electron chi connectivity index (χ1n) is 12.3. The summed E-state index contributed by atoms with van der Waals surface area (Å²) in [6.45, 7) is 4.16. The number of aromatic nitrogens is 4. The van der Waals surface area contributed by atoms with Crippen LogP contribution in [0.1, 0.15) is 24.8 Å². The Labute approximate surface area is 207 Å². The van der Waals surface area contributed by atoms with E-state index < -0.39 is 6.23 Å². The van der Waals surface area contributed by atoms with Crippen LogP contribution in [0.3, 0.4) is 0 Å². The number of pyridine rings is 1. The Morgan fingerprint density at radius 3 is 2.64 bits per heavy atom. The van der Waals surface area contributed by atoms with Gasteiger partial charge < -0.3 is 34.5 Å². The van der Waals surface area contributed by atoms with E-state index in [-0.39, 0.29) is 6.10 Å². The Hall–Kier alpha value is -3.67. The lowest BCUT2D eigenvalue weighted by atomic mass is 10.1. The summed E-state index contributed by atoms with van der Waals surface area (Å²) < 4.78 is 11.6. The lowest BCUT2D eigenvalue weighted by Gasteiger charge is -2.33. The zero-order valence-electron chi connectivity index (χ0n) is 19.8. The molecular weight excluding hydrogens is 462 g/mol. The number of aliphatic hydroxyl groups excluding tert-OH is 2. The van der Waals surface area contributed by atoms with Gasteiger partial charge in [0.15, 0.2) is 11.8 Å². The van der Waals surface area contributed by atoms with E-state index in [0.717, 1.165) is 30.0 Å². The third-order valence-electron chi connectivity index (χ3n) is 6.70. The van der Waals surface area contributed by atoms with Gasteiger partial charge in [-0.3, -0.25) is 5.10 Å². The van der Waals surface area contributed by atoms with Crippen molar-refractivity contribution in [2.75, 3.05) is 54.5 Å². The van der Waals surface area contributed by atoms with Crippen molar-refractivity contribution in [3.8, 4) is 11.4 Å². The topological polar surface area (TPSA) is 136 Å². The minimum absolute atomic E-state index is 0.290. The number of fused-ring (bicyclic) bond motifs is 1. The molecule has 2 saturated heterocycles. The summed E-state index contributed by atoms with van der Waals surface area (Å²) >= 11 is 0. The molecule has 5 heterocycles. The SMILES string of the molecule is OC1CCN(c2cc3nc(N4CCOCC4)oc3cc2NC(O)c2cccc(-c3ccn[nH]3)n2)CC1. The second-order valence-electron chi connectivity index (χ2n) is 9.12. The molecule has 188 valence electrons. The molecule has 36 heavy (non-hydrogen) atoms. The number of nitrogens with one attached hydrogen (secondary N) is 2. The minimum Gasteiger partial charge on any atom is -0.423 e. The van der Waals surface area contributed by atoms with E-state index >= 15 is 0 Å². The van der Waals surface area contributed by atoms with Crippen LogP contribution in [0.15, 0.2) is 47.0 Å². The molecule has 4 aromatic rings. The molecule has 11 nitrogen and oxygen atoms in total. The number of aromatic amines is 1. The van der Waals surface area contributed by atoms with E-state index in [1.807, 2.05) is 30.3 Å². The van der Waals surface area contributed by atoms with Crippen LogP contribution in [0, 0.1) is 0 Å². The Bertz CT molecular complexity index is 1310. The van der Waals surface area contributed by atoms with Crippen LogP contribution < -0.4 is 15.1 Å². The first-order valence-corrected chi connectivity index (χ1v) is 12.3. The number of hydrogen-bond donors (Lipinski definition) is 4. The zero-order valence-corrected chi connectivity index (χ0v) is 19.8. The van der Waals surface area contributed by atoms with Crippen molar-refractivity contribution in [1.82, 2.24) is 20.2 Å². The van der Waals surface area contributed by atoms with E-state index in [0.29, 0.717) is 67.8 Å². The molecule has 11 heteroatoms.